The second-order valence-electron chi connectivity index (χ2n) is 6.61. The van der Waals surface area contributed by atoms with Crippen LogP contribution in [0.2, 0.25) is 0 Å². The zero-order chi connectivity index (χ0) is 15.3. The summed E-state index contributed by atoms with van der Waals surface area (Å²) < 4.78 is 0. The molecule has 0 atom stereocenters. The standard InChI is InChI=1S/C12H24N.C8H11.2CH3.Ti/c13-12-10-8-6-4-2-1-3-5-7-9-11-12;1-3-8-5-4-7(2)6-8;;;/h12-13H,1-11H2;4-6H,3H2,1-2H3;2*1H3;/q4*-1;+4. The van der Waals surface area contributed by atoms with Crippen LogP contribution >= 0.6 is 0 Å². The van der Waals surface area contributed by atoms with Gasteiger partial charge in [0.1, 0.15) is 0 Å². The molecule has 2 heteroatoms. The first kappa shape index (κ1) is 28.8. The second kappa shape index (κ2) is 19.4. The fourth-order valence-corrected chi connectivity index (χ4v) is 3.01. The van der Waals surface area contributed by atoms with E-state index in [0.29, 0.717) is 0 Å². The number of hydrogen-bond acceptors (Lipinski definition) is 0. The molecule has 0 unspecified atom stereocenters. The molecular weight excluding hydrogens is 326 g/mol. The summed E-state index contributed by atoms with van der Waals surface area (Å²) >= 11 is 0. The number of hydrogen-bond donors (Lipinski definition) is 0. The van der Waals surface area contributed by atoms with Crippen molar-refractivity contribution in [3.63, 3.8) is 0 Å². The van der Waals surface area contributed by atoms with E-state index in [0.717, 1.165) is 19.3 Å². The van der Waals surface area contributed by atoms with Crippen molar-refractivity contribution in [1.29, 1.82) is 0 Å². The van der Waals surface area contributed by atoms with Gasteiger partial charge in [0.15, 0.2) is 0 Å². The van der Waals surface area contributed by atoms with Gasteiger partial charge in [-0.15, -0.1) is 6.04 Å². The Kier molecular flexibility index (Phi) is 23.2. The minimum absolute atomic E-state index is 0. The third-order valence-corrected chi connectivity index (χ3v) is 4.49. The van der Waals surface area contributed by atoms with Gasteiger partial charge in [0.25, 0.3) is 0 Å². The van der Waals surface area contributed by atoms with Crippen LogP contribution < -0.4 is 0 Å². The van der Waals surface area contributed by atoms with Crippen molar-refractivity contribution in [2.75, 3.05) is 0 Å². The first-order valence-electron chi connectivity index (χ1n) is 9.15. The molecule has 0 saturated heterocycles. The van der Waals surface area contributed by atoms with Crippen LogP contribution in [0, 0.1) is 21.8 Å². The minimum Gasteiger partial charge on any atom is -0.675 e. The van der Waals surface area contributed by atoms with Gasteiger partial charge >= 0.3 is 21.7 Å². The molecule has 0 radical (unpaired) electrons. The average molecular weight is 367 g/mol. The quantitative estimate of drug-likeness (QED) is 0.356. The number of rotatable bonds is 1. The van der Waals surface area contributed by atoms with E-state index in [4.69, 9.17) is 5.73 Å². The molecule has 24 heavy (non-hydrogen) atoms. The molecule has 138 valence electrons. The van der Waals surface area contributed by atoms with Crippen molar-refractivity contribution in [2.24, 2.45) is 0 Å². The third kappa shape index (κ3) is 15.5. The third-order valence-electron chi connectivity index (χ3n) is 4.49. The topological polar surface area (TPSA) is 23.8 Å². The normalized spacial score (nSPS) is 16.6. The van der Waals surface area contributed by atoms with Gasteiger partial charge in [0.2, 0.25) is 0 Å². The molecule has 0 bridgehead atoms. The molecule has 1 fully saturated rings. The Balaban J connectivity index is -0.000000353. The van der Waals surface area contributed by atoms with Gasteiger partial charge in [-0.3, -0.25) is 0 Å². The molecule has 0 aromatic heterocycles. The number of aryl methyl sites for hydroxylation is 2. The Labute approximate surface area is 168 Å². The minimum atomic E-state index is 0. The first-order valence-corrected chi connectivity index (χ1v) is 9.15. The van der Waals surface area contributed by atoms with Crippen LogP contribution in [-0.4, -0.2) is 6.04 Å². The van der Waals surface area contributed by atoms with Crippen molar-refractivity contribution < 1.29 is 21.7 Å². The Morgan fingerprint density at radius 1 is 0.875 bits per heavy atom. The van der Waals surface area contributed by atoms with Crippen LogP contribution in [0.5, 0.6) is 0 Å². The van der Waals surface area contributed by atoms with Crippen molar-refractivity contribution in [3.05, 3.63) is 49.9 Å². The van der Waals surface area contributed by atoms with Crippen molar-refractivity contribution >= 4 is 0 Å². The monoisotopic (exact) mass is 367 g/mol. The van der Waals surface area contributed by atoms with Gasteiger partial charge in [0.05, 0.1) is 0 Å². The van der Waals surface area contributed by atoms with Crippen LogP contribution in [0.3, 0.4) is 0 Å². The van der Waals surface area contributed by atoms with E-state index in [1.54, 1.807) is 0 Å². The van der Waals surface area contributed by atoms with E-state index < -0.39 is 0 Å². The summed E-state index contributed by atoms with van der Waals surface area (Å²) in [4.78, 5) is 0. The van der Waals surface area contributed by atoms with Crippen molar-refractivity contribution in [2.45, 2.75) is 96.9 Å². The zero-order valence-electron chi connectivity index (χ0n) is 16.8. The van der Waals surface area contributed by atoms with Crippen molar-refractivity contribution in [1.82, 2.24) is 0 Å². The predicted octanol–water partition coefficient (Wildman–Crippen LogP) is 7.89. The molecular formula is C22H41NTi. The molecule has 1 saturated carbocycles. The van der Waals surface area contributed by atoms with Gasteiger partial charge in [-0.25, -0.2) is 12.1 Å². The molecule has 1 aromatic carbocycles. The average Bonchev–Trinajstić information content (AvgIpc) is 2.89. The summed E-state index contributed by atoms with van der Waals surface area (Å²) in [7, 11) is 0. The first-order chi connectivity index (χ1) is 10.2. The van der Waals surface area contributed by atoms with Gasteiger partial charge in [-0.1, -0.05) is 90.9 Å². The van der Waals surface area contributed by atoms with Gasteiger partial charge < -0.3 is 20.6 Å². The summed E-state index contributed by atoms with van der Waals surface area (Å²) in [5.74, 6) is 0. The predicted molar refractivity (Wildman–Crippen MR) is 108 cm³/mol. The largest absolute Gasteiger partial charge is 4.00 e. The second-order valence-corrected chi connectivity index (χ2v) is 6.61. The molecule has 0 spiro atoms. The van der Waals surface area contributed by atoms with E-state index in [9.17, 15) is 0 Å². The Bertz CT molecular complexity index is 333. The molecule has 0 heterocycles. The van der Waals surface area contributed by atoms with Crippen LogP contribution in [0.4, 0.5) is 0 Å². The maximum atomic E-state index is 7.80. The summed E-state index contributed by atoms with van der Waals surface area (Å²) in [5.41, 5.74) is 10.6. The SMILES string of the molecule is CCc1ccc(C)[cH-]1.[CH3-].[CH3-].[NH-]C1CCCCCCCCCCC1.[Ti+4]. The zero-order valence-corrected chi connectivity index (χ0v) is 18.4. The molecule has 0 amide bonds. The Morgan fingerprint density at radius 2 is 1.29 bits per heavy atom. The van der Waals surface area contributed by atoms with Crippen LogP contribution in [0.25, 0.3) is 5.73 Å². The molecule has 2 rings (SSSR count). The maximum absolute atomic E-state index is 7.80. The fraction of sp³-hybridized carbons (Fsp3) is 0.682. The van der Waals surface area contributed by atoms with Gasteiger partial charge in [-0.2, -0.15) is 17.2 Å². The van der Waals surface area contributed by atoms with Crippen LogP contribution in [0.15, 0.2) is 18.2 Å². The Hall–Kier alpha value is 0.0243. The van der Waals surface area contributed by atoms with Crippen LogP contribution in [0.1, 0.15) is 88.7 Å². The van der Waals surface area contributed by atoms with E-state index >= 15 is 0 Å². The van der Waals surface area contributed by atoms with E-state index in [1.165, 1.54) is 68.9 Å². The maximum Gasteiger partial charge on any atom is 4.00 e. The van der Waals surface area contributed by atoms with Crippen LogP contribution in [-0.2, 0) is 28.1 Å². The molecule has 1 aliphatic carbocycles. The summed E-state index contributed by atoms with van der Waals surface area (Å²) in [5, 5.41) is 0. The summed E-state index contributed by atoms with van der Waals surface area (Å²) in [6.45, 7) is 4.30. The number of nitrogens with one attached hydrogen (secondary N) is 1. The molecule has 1 aromatic rings. The summed E-state index contributed by atoms with van der Waals surface area (Å²) in [6.07, 6.45) is 15.9. The molecule has 0 aliphatic heterocycles. The summed E-state index contributed by atoms with van der Waals surface area (Å²) in [6, 6.07) is 6.80. The van der Waals surface area contributed by atoms with E-state index in [2.05, 4.69) is 32.0 Å². The molecule has 1 N–H and O–H groups in total. The van der Waals surface area contributed by atoms with Crippen molar-refractivity contribution in [3.8, 4) is 0 Å². The van der Waals surface area contributed by atoms with E-state index in [1.807, 2.05) is 0 Å². The molecule has 1 aliphatic rings. The fourth-order valence-electron chi connectivity index (χ4n) is 3.01. The van der Waals surface area contributed by atoms with Gasteiger partial charge in [0, 0.05) is 0 Å². The molecule has 1 nitrogen and oxygen atoms in total. The Morgan fingerprint density at radius 3 is 1.58 bits per heavy atom. The smallest absolute Gasteiger partial charge is 0.675 e. The van der Waals surface area contributed by atoms with Gasteiger partial charge in [-0.05, 0) is 0 Å². The van der Waals surface area contributed by atoms with E-state index in [-0.39, 0.29) is 42.6 Å².